The average molecular weight is 317 g/mol. The number of nitrogens with one attached hydrogen (secondary N) is 4. The van der Waals surface area contributed by atoms with Gasteiger partial charge in [-0.25, -0.2) is 4.98 Å². The molecule has 1 aromatic heterocycles. The van der Waals surface area contributed by atoms with Gasteiger partial charge in [0, 0.05) is 44.4 Å². The molecule has 8 nitrogen and oxygen atoms in total. The third kappa shape index (κ3) is 5.79. The normalized spacial score (nSPS) is 10.3. The summed E-state index contributed by atoms with van der Waals surface area (Å²) < 4.78 is 0. The van der Waals surface area contributed by atoms with Crippen molar-refractivity contribution in [2.75, 3.05) is 18.4 Å². The van der Waals surface area contributed by atoms with E-state index in [0.29, 0.717) is 37.0 Å². The third-order valence-corrected chi connectivity index (χ3v) is 2.89. The minimum Gasteiger partial charge on any atom is -0.508 e. The molecule has 8 heteroatoms. The van der Waals surface area contributed by atoms with E-state index in [0.717, 1.165) is 0 Å². The van der Waals surface area contributed by atoms with Crippen LogP contribution in [-0.2, 0) is 11.3 Å². The minimum absolute atomic E-state index is 0.0846. The maximum Gasteiger partial charge on any atom is 0.252 e. The van der Waals surface area contributed by atoms with Crippen molar-refractivity contribution in [1.82, 2.24) is 20.6 Å². The van der Waals surface area contributed by atoms with Crippen LogP contribution in [0.3, 0.4) is 0 Å². The second-order valence-electron chi connectivity index (χ2n) is 4.92. The third-order valence-electron chi connectivity index (χ3n) is 2.89. The van der Waals surface area contributed by atoms with Crippen LogP contribution in [-0.4, -0.2) is 34.1 Å². The number of phenols is 1. The molecule has 0 aliphatic carbocycles. The number of H-pyrrole nitrogens is 1. The Kier molecular flexibility index (Phi) is 5.70. The summed E-state index contributed by atoms with van der Waals surface area (Å²) in [5.41, 5.74) is 0.907. The molecular weight excluding hydrogens is 298 g/mol. The first-order valence-corrected chi connectivity index (χ1v) is 7.14. The first-order valence-electron chi connectivity index (χ1n) is 7.14. The van der Waals surface area contributed by atoms with Crippen LogP contribution in [0.15, 0.2) is 35.1 Å². The summed E-state index contributed by atoms with van der Waals surface area (Å²) in [6, 6.07) is 7.91. The van der Waals surface area contributed by atoms with Crippen LogP contribution in [0.4, 0.5) is 11.6 Å². The highest BCUT2D eigenvalue weighted by Gasteiger charge is 2.03. The molecular formula is C15H19N5O3. The standard InChI is InChI=1S/C15H19N5O3/c1-10(21)17-6-5-16-9-12-8-14(23)20-15(19-12)18-11-3-2-4-13(22)7-11/h2-4,7-8,16,22H,5-6,9H2,1H3,(H,17,21)(H2,18,19,20,23). The smallest absolute Gasteiger partial charge is 0.252 e. The molecule has 0 radical (unpaired) electrons. The molecule has 122 valence electrons. The minimum atomic E-state index is -0.277. The number of nitrogens with zero attached hydrogens (tertiary/aromatic N) is 1. The summed E-state index contributed by atoms with van der Waals surface area (Å²) in [4.78, 5) is 29.3. The highest BCUT2D eigenvalue weighted by molar-refractivity contribution is 5.72. The van der Waals surface area contributed by atoms with Crippen LogP contribution in [0.1, 0.15) is 12.6 Å². The van der Waals surface area contributed by atoms with Gasteiger partial charge < -0.3 is 21.1 Å². The molecule has 1 aromatic carbocycles. The van der Waals surface area contributed by atoms with E-state index < -0.39 is 0 Å². The molecule has 0 unspecified atom stereocenters. The lowest BCUT2D eigenvalue weighted by Gasteiger charge is -2.08. The molecule has 0 fully saturated rings. The van der Waals surface area contributed by atoms with Crippen molar-refractivity contribution in [3.63, 3.8) is 0 Å². The SMILES string of the molecule is CC(=O)NCCNCc1cc(=O)[nH]c(Nc2cccc(O)c2)n1. The fourth-order valence-corrected chi connectivity index (χ4v) is 1.92. The molecule has 23 heavy (non-hydrogen) atoms. The number of anilines is 2. The number of phenolic OH excluding ortho intramolecular Hbond substituents is 1. The van der Waals surface area contributed by atoms with E-state index in [-0.39, 0.29) is 17.2 Å². The Morgan fingerprint density at radius 2 is 2.13 bits per heavy atom. The molecule has 0 aliphatic heterocycles. The Bertz CT molecular complexity index is 729. The molecule has 0 bridgehead atoms. The van der Waals surface area contributed by atoms with E-state index in [1.54, 1.807) is 18.2 Å². The van der Waals surface area contributed by atoms with Crippen molar-refractivity contribution >= 4 is 17.5 Å². The monoisotopic (exact) mass is 317 g/mol. The van der Waals surface area contributed by atoms with Crippen molar-refractivity contribution in [3.8, 4) is 5.75 Å². The lowest BCUT2D eigenvalue weighted by atomic mass is 10.3. The van der Waals surface area contributed by atoms with E-state index >= 15 is 0 Å². The Morgan fingerprint density at radius 3 is 2.87 bits per heavy atom. The molecule has 2 rings (SSSR count). The molecule has 0 saturated carbocycles. The molecule has 0 saturated heterocycles. The van der Waals surface area contributed by atoms with Crippen molar-refractivity contribution < 1.29 is 9.90 Å². The number of benzene rings is 1. The summed E-state index contributed by atoms with van der Waals surface area (Å²) in [5, 5.41) is 18.1. The Hall–Kier alpha value is -2.87. The van der Waals surface area contributed by atoms with Crippen molar-refractivity contribution in [1.29, 1.82) is 0 Å². The van der Waals surface area contributed by atoms with E-state index in [4.69, 9.17) is 0 Å². The number of carbonyl (C=O) groups excluding carboxylic acids is 1. The number of hydrogen-bond donors (Lipinski definition) is 5. The van der Waals surface area contributed by atoms with Crippen molar-refractivity contribution in [2.45, 2.75) is 13.5 Å². The summed E-state index contributed by atoms with van der Waals surface area (Å²) >= 11 is 0. The van der Waals surface area contributed by atoms with Gasteiger partial charge in [-0.2, -0.15) is 0 Å². The molecule has 1 heterocycles. The summed E-state index contributed by atoms with van der Waals surface area (Å²) in [6.07, 6.45) is 0. The highest BCUT2D eigenvalue weighted by Crippen LogP contribution is 2.17. The number of aromatic hydroxyl groups is 1. The maximum atomic E-state index is 11.7. The van der Waals surface area contributed by atoms with Gasteiger partial charge in [0.2, 0.25) is 11.9 Å². The zero-order valence-electron chi connectivity index (χ0n) is 12.7. The topological polar surface area (TPSA) is 119 Å². The Morgan fingerprint density at radius 1 is 1.30 bits per heavy atom. The van der Waals surface area contributed by atoms with E-state index in [2.05, 4.69) is 25.9 Å². The summed E-state index contributed by atoms with van der Waals surface area (Å²) in [5.74, 6) is 0.327. The van der Waals surface area contributed by atoms with Gasteiger partial charge in [-0.1, -0.05) is 6.07 Å². The van der Waals surface area contributed by atoms with Gasteiger partial charge in [0.15, 0.2) is 0 Å². The van der Waals surface area contributed by atoms with Crippen molar-refractivity contribution in [2.24, 2.45) is 0 Å². The number of rotatable bonds is 7. The molecule has 0 aliphatic rings. The predicted octanol–water partition coefficient (Wildman–Crippen LogP) is 0.445. The first kappa shape index (κ1) is 16.5. The van der Waals surface area contributed by atoms with Crippen molar-refractivity contribution in [3.05, 3.63) is 46.4 Å². The second kappa shape index (κ2) is 7.95. The average Bonchev–Trinajstić information content (AvgIpc) is 2.46. The first-order chi connectivity index (χ1) is 11.0. The van der Waals surface area contributed by atoms with Crippen LogP contribution >= 0.6 is 0 Å². The number of carbonyl (C=O) groups is 1. The molecule has 2 aromatic rings. The lowest BCUT2D eigenvalue weighted by Crippen LogP contribution is -2.30. The Balaban J connectivity index is 1.96. The van der Waals surface area contributed by atoms with Gasteiger partial charge in [0.1, 0.15) is 5.75 Å². The summed E-state index contributed by atoms with van der Waals surface area (Å²) in [6.45, 7) is 2.94. The van der Waals surface area contributed by atoms with Crippen LogP contribution < -0.4 is 21.5 Å². The van der Waals surface area contributed by atoms with Gasteiger partial charge in [0.05, 0.1) is 5.69 Å². The van der Waals surface area contributed by atoms with E-state index in [1.165, 1.54) is 19.1 Å². The lowest BCUT2D eigenvalue weighted by molar-refractivity contribution is -0.118. The van der Waals surface area contributed by atoms with Gasteiger partial charge >= 0.3 is 0 Å². The maximum absolute atomic E-state index is 11.7. The van der Waals surface area contributed by atoms with Crippen LogP contribution in [0.5, 0.6) is 5.75 Å². The van der Waals surface area contributed by atoms with Crippen LogP contribution in [0, 0.1) is 0 Å². The Labute approximate surface area is 133 Å². The second-order valence-corrected chi connectivity index (χ2v) is 4.92. The largest absolute Gasteiger partial charge is 0.508 e. The van der Waals surface area contributed by atoms with Gasteiger partial charge in [0.25, 0.3) is 5.56 Å². The number of aromatic amines is 1. The zero-order chi connectivity index (χ0) is 16.7. The molecule has 0 spiro atoms. The fourth-order valence-electron chi connectivity index (χ4n) is 1.92. The van der Waals surface area contributed by atoms with Gasteiger partial charge in [-0.05, 0) is 12.1 Å². The fraction of sp³-hybridized carbons (Fsp3) is 0.267. The summed E-state index contributed by atoms with van der Waals surface area (Å²) in [7, 11) is 0. The number of hydrogen-bond acceptors (Lipinski definition) is 6. The van der Waals surface area contributed by atoms with Crippen LogP contribution in [0.2, 0.25) is 0 Å². The number of aromatic nitrogens is 2. The van der Waals surface area contributed by atoms with Gasteiger partial charge in [-0.3, -0.25) is 14.6 Å². The zero-order valence-corrected chi connectivity index (χ0v) is 12.7. The van der Waals surface area contributed by atoms with Gasteiger partial charge in [-0.15, -0.1) is 0 Å². The van der Waals surface area contributed by atoms with E-state index in [9.17, 15) is 14.7 Å². The predicted molar refractivity (Wildman–Crippen MR) is 86.6 cm³/mol. The van der Waals surface area contributed by atoms with Crippen LogP contribution in [0.25, 0.3) is 0 Å². The van der Waals surface area contributed by atoms with E-state index in [1.807, 2.05) is 0 Å². The molecule has 5 N–H and O–H groups in total. The highest BCUT2D eigenvalue weighted by atomic mass is 16.3. The number of amides is 1. The molecule has 0 atom stereocenters. The quantitative estimate of drug-likeness (QED) is 0.473. The molecule has 1 amide bonds.